The molecule has 9 heteroatoms. The number of esters is 2. The quantitative estimate of drug-likeness (QED) is 0.199. The number of rotatable bonds is 19. The third kappa shape index (κ3) is 15.1. The molecule has 0 heterocycles. The van der Waals surface area contributed by atoms with Gasteiger partial charge in [0.2, 0.25) is 0 Å². The van der Waals surface area contributed by atoms with Gasteiger partial charge in [0, 0.05) is 13.7 Å². The van der Waals surface area contributed by atoms with E-state index in [9.17, 15) is 19.2 Å². The number of carbonyl (C=O) groups is 4. The molecule has 0 aliphatic carbocycles. The molecule has 9 nitrogen and oxygen atoms in total. The van der Waals surface area contributed by atoms with Gasteiger partial charge in [-0.3, -0.25) is 19.2 Å². The Morgan fingerprint density at radius 3 is 1.53 bits per heavy atom. The van der Waals surface area contributed by atoms with Crippen LogP contribution in [0, 0.1) is 5.41 Å². The molecule has 0 saturated heterocycles. The highest BCUT2D eigenvalue weighted by atomic mass is 16.6. The summed E-state index contributed by atoms with van der Waals surface area (Å²) in [7, 11) is 1.65. The first-order valence-electron chi connectivity index (χ1n) is 11.7. The lowest BCUT2D eigenvalue weighted by atomic mass is 9.87. The van der Waals surface area contributed by atoms with Crippen molar-refractivity contribution in [2.45, 2.75) is 91.8 Å². The Morgan fingerprint density at radius 1 is 0.676 bits per heavy atom. The van der Waals surface area contributed by atoms with Crippen LogP contribution in [0.15, 0.2) is 0 Å². The SMILES string of the molecule is CCC(COC(=O)CC(C)=O)(COC(=O)CC(C)=O)COC(C)(C)CCOC(C)(C)CCOC. The minimum absolute atomic E-state index is 0.0837. The molecule has 0 saturated carbocycles. The fraction of sp³-hybridized carbons (Fsp3) is 0.840. The van der Waals surface area contributed by atoms with Crippen LogP contribution in [-0.2, 0) is 42.9 Å². The maximum atomic E-state index is 11.9. The van der Waals surface area contributed by atoms with Gasteiger partial charge in [-0.15, -0.1) is 0 Å². The summed E-state index contributed by atoms with van der Waals surface area (Å²) in [6.07, 6.45) is 1.20. The van der Waals surface area contributed by atoms with Crippen LogP contribution in [0.2, 0.25) is 0 Å². The van der Waals surface area contributed by atoms with E-state index in [1.54, 1.807) is 7.11 Å². The molecular weight excluding hydrogens is 444 g/mol. The van der Waals surface area contributed by atoms with Crippen LogP contribution in [0.3, 0.4) is 0 Å². The van der Waals surface area contributed by atoms with Gasteiger partial charge >= 0.3 is 11.9 Å². The predicted octanol–water partition coefficient (Wildman–Crippen LogP) is 3.44. The number of hydrogen-bond acceptors (Lipinski definition) is 9. The number of Topliss-reactive ketones (excluding diaryl/α,β-unsaturated/α-hetero) is 2. The van der Waals surface area contributed by atoms with Gasteiger partial charge in [0.05, 0.1) is 29.8 Å². The second-order valence-electron chi connectivity index (χ2n) is 10.1. The molecular formula is C25H44O9. The lowest BCUT2D eigenvalue weighted by molar-refractivity contribution is -0.163. The van der Waals surface area contributed by atoms with Crippen LogP contribution in [0.4, 0.5) is 0 Å². The molecule has 0 bridgehead atoms. The van der Waals surface area contributed by atoms with Crippen LogP contribution in [0.25, 0.3) is 0 Å². The van der Waals surface area contributed by atoms with E-state index in [1.807, 2.05) is 34.6 Å². The predicted molar refractivity (Wildman–Crippen MR) is 126 cm³/mol. The normalized spacial score (nSPS) is 12.4. The largest absolute Gasteiger partial charge is 0.465 e. The molecule has 0 atom stereocenters. The molecule has 0 aromatic rings. The first-order valence-corrected chi connectivity index (χ1v) is 11.7. The highest BCUT2D eigenvalue weighted by Crippen LogP contribution is 2.28. The highest BCUT2D eigenvalue weighted by molar-refractivity contribution is 5.94. The zero-order valence-electron chi connectivity index (χ0n) is 22.2. The zero-order valence-corrected chi connectivity index (χ0v) is 22.2. The average molecular weight is 489 g/mol. The molecule has 0 fully saturated rings. The summed E-state index contributed by atoms with van der Waals surface area (Å²) < 4.78 is 27.9. The van der Waals surface area contributed by atoms with Gasteiger partial charge in [-0.2, -0.15) is 0 Å². The van der Waals surface area contributed by atoms with Crippen molar-refractivity contribution in [1.82, 2.24) is 0 Å². The van der Waals surface area contributed by atoms with E-state index >= 15 is 0 Å². The van der Waals surface area contributed by atoms with Gasteiger partial charge in [-0.1, -0.05) is 6.92 Å². The van der Waals surface area contributed by atoms with Gasteiger partial charge in [0.25, 0.3) is 0 Å². The van der Waals surface area contributed by atoms with Crippen LogP contribution >= 0.6 is 0 Å². The first-order chi connectivity index (χ1) is 15.7. The Bertz CT molecular complexity index is 635. The average Bonchev–Trinajstić information content (AvgIpc) is 2.71. The summed E-state index contributed by atoms with van der Waals surface area (Å²) >= 11 is 0. The Balaban J connectivity index is 5.13. The summed E-state index contributed by atoms with van der Waals surface area (Å²) in [6.45, 7) is 13.4. The highest BCUT2D eigenvalue weighted by Gasteiger charge is 2.35. The van der Waals surface area contributed by atoms with E-state index in [0.29, 0.717) is 26.1 Å². The molecule has 0 aromatic carbocycles. The molecule has 0 rings (SSSR count). The maximum Gasteiger partial charge on any atom is 0.313 e. The van der Waals surface area contributed by atoms with Crippen molar-refractivity contribution in [2.75, 3.05) is 40.1 Å². The number of methoxy groups -OCH3 is 1. The fourth-order valence-electron chi connectivity index (χ4n) is 2.82. The van der Waals surface area contributed by atoms with Crippen molar-refractivity contribution in [3.8, 4) is 0 Å². The van der Waals surface area contributed by atoms with E-state index in [4.69, 9.17) is 23.7 Å². The summed E-state index contributed by atoms with van der Waals surface area (Å²) in [5.74, 6) is -1.89. The van der Waals surface area contributed by atoms with E-state index in [-0.39, 0.29) is 49.8 Å². The topological polar surface area (TPSA) is 114 Å². The van der Waals surface area contributed by atoms with Gasteiger partial charge in [-0.05, 0) is 60.8 Å². The standard InChI is InChI=1S/C25H44O9/c1-9-25(16-31-21(28)14-19(2)26,17-32-22(29)15-20(3)27)18-34-24(6,7)11-13-33-23(4,5)10-12-30-8/h9-18H2,1-8H3. The van der Waals surface area contributed by atoms with Crippen LogP contribution < -0.4 is 0 Å². The minimum Gasteiger partial charge on any atom is -0.465 e. The first kappa shape index (κ1) is 32.2. The second-order valence-corrected chi connectivity index (χ2v) is 10.1. The number of hydrogen-bond donors (Lipinski definition) is 0. The van der Waals surface area contributed by atoms with E-state index in [2.05, 4.69) is 0 Å². The van der Waals surface area contributed by atoms with E-state index < -0.39 is 23.0 Å². The molecule has 0 amide bonds. The molecule has 0 aliphatic rings. The molecule has 0 radical (unpaired) electrons. The Kier molecular flexibility index (Phi) is 14.4. The van der Waals surface area contributed by atoms with E-state index in [1.165, 1.54) is 13.8 Å². The van der Waals surface area contributed by atoms with Crippen molar-refractivity contribution in [3.05, 3.63) is 0 Å². The Hall–Kier alpha value is -1.84. The molecule has 0 aromatic heterocycles. The summed E-state index contributed by atoms with van der Waals surface area (Å²) in [4.78, 5) is 46.3. The monoisotopic (exact) mass is 488 g/mol. The second kappa shape index (κ2) is 15.2. The molecule has 0 spiro atoms. The summed E-state index contributed by atoms with van der Waals surface area (Å²) in [5, 5.41) is 0. The smallest absolute Gasteiger partial charge is 0.313 e. The summed E-state index contributed by atoms with van der Waals surface area (Å²) in [6, 6.07) is 0. The molecule has 0 aliphatic heterocycles. The van der Waals surface area contributed by atoms with Crippen LogP contribution in [0.1, 0.15) is 80.6 Å². The van der Waals surface area contributed by atoms with Gasteiger partial charge in [0.1, 0.15) is 37.6 Å². The summed E-state index contributed by atoms with van der Waals surface area (Å²) in [5.41, 5.74) is -1.71. The minimum atomic E-state index is -0.825. The molecule has 0 N–H and O–H groups in total. The van der Waals surface area contributed by atoms with Crippen molar-refractivity contribution in [1.29, 1.82) is 0 Å². The molecule has 198 valence electrons. The number of ether oxygens (including phenoxy) is 5. The maximum absolute atomic E-state index is 11.9. The lowest BCUT2D eigenvalue weighted by Gasteiger charge is -2.36. The molecule has 0 unspecified atom stereocenters. The van der Waals surface area contributed by atoms with Gasteiger partial charge in [0.15, 0.2) is 0 Å². The molecule has 34 heavy (non-hydrogen) atoms. The fourth-order valence-corrected chi connectivity index (χ4v) is 2.82. The number of ketones is 2. The van der Waals surface area contributed by atoms with Crippen LogP contribution in [-0.4, -0.2) is 74.9 Å². The lowest BCUT2D eigenvalue weighted by Crippen LogP contribution is -2.42. The zero-order chi connectivity index (χ0) is 26.4. The van der Waals surface area contributed by atoms with E-state index in [0.717, 1.165) is 6.42 Å². The van der Waals surface area contributed by atoms with Gasteiger partial charge < -0.3 is 23.7 Å². The van der Waals surface area contributed by atoms with Crippen molar-refractivity contribution >= 4 is 23.5 Å². The number of carbonyl (C=O) groups excluding carboxylic acids is 4. The van der Waals surface area contributed by atoms with Crippen molar-refractivity contribution in [2.24, 2.45) is 5.41 Å². The van der Waals surface area contributed by atoms with Crippen molar-refractivity contribution in [3.63, 3.8) is 0 Å². The Labute approximate surface area is 204 Å². The Morgan fingerprint density at radius 2 is 1.12 bits per heavy atom. The van der Waals surface area contributed by atoms with Gasteiger partial charge in [-0.25, -0.2) is 0 Å². The third-order valence-corrected chi connectivity index (χ3v) is 5.49. The van der Waals surface area contributed by atoms with Crippen LogP contribution in [0.5, 0.6) is 0 Å². The van der Waals surface area contributed by atoms with Crippen molar-refractivity contribution < 1.29 is 42.9 Å². The third-order valence-electron chi connectivity index (χ3n) is 5.49.